The molecule has 1 aromatic heterocycles. The van der Waals surface area contributed by atoms with Crippen LogP contribution in [-0.2, 0) is 23.9 Å². The van der Waals surface area contributed by atoms with Crippen molar-refractivity contribution < 1.29 is 41.0 Å². The summed E-state index contributed by atoms with van der Waals surface area (Å²) in [6.07, 6.45) is -11.4. The first-order chi connectivity index (χ1) is 9.44. The lowest BCUT2D eigenvalue weighted by molar-refractivity contribution is -0.278. The second-order valence-corrected chi connectivity index (χ2v) is 3.77. The number of alkyl halides is 6. The molecule has 0 fully saturated rings. The molecule has 0 aliphatic heterocycles. The summed E-state index contributed by atoms with van der Waals surface area (Å²) < 4.78 is 77.7. The molecule has 0 atom stereocenters. The lowest BCUT2D eigenvalue weighted by atomic mass is 10.1. The Labute approximate surface area is 113 Å². The highest BCUT2D eigenvalue weighted by Crippen LogP contribution is 2.38. The van der Waals surface area contributed by atoms with Gasteiger partial charge in [0.1, 0.15) is 5.56 Å². The van der Waals surface area contributed by atoms with Crippen molar-refractivity contribution >= 4 is 5.97 Å². The van der Waals surface area contributed by atoms with Crippen LogP contribution in [0.3, 0.4) is 0 Å². The Morgan fingerprint density at radius 3 is 2.24 bits per heavy atom. The molecule has 21 heavy (non-hydrogen) atoms. The molecule has 0 bridgehead atoms. The zero-order chi connectivity index (χ0) is 16.4. The van der Waals surface area contributed by atoms with Crippen LogP contribution in [0.4, 0.5) is 26.3 Å². The minimum atomic E-state index is -5.38. The fourth-order valence-corrected chi connectivity index (χ4v) is 1.46. The third-order valence-corrected chi connectivity index (χ3v) is 2.21. The summed E-state index contributed by atoms with van der Waals surface area (Å²) in [5.41, 5.74) is 2.45. The molecule has 3 N–H and O–H groups in total. The van der Waals surface area contributed by atoms with E-state index < -0.39 is 54.2 Å². The largest absolute Gasteiger partial charge is 0.574 e. The third kappa shape index (κ3) is 4.77. The molecule has 1 heterocycles. The molecule has 0 radical (unpaired) electrons. The van der Waals surface area contributed by atoms with Gasteiger partial charge in [-0.2, -0.15) is 13.2 Å². The van der Waals surface area contributed by atoms with E-state index in [1.54, 1.807) is 0 Å². The third-order valence-electron chi connectivity index (χ3n) is 2.21. The quantitative estimate of drug-likeness (QED) is 0.830. The van der Waals surface area contributed by atoms with Gasteiger partial charge in [-0.25, -0.2) is 4.98 Å². The second kappa shape index (κ2) is 5.76. The van der Waals surface area contributed by atoms with Crippen molar-refractivity contribution in [3.8, 4) is 5.88 Å². The van der Waals surface area contributed by atoms with E-state index in [0.717, 1.165) is 0 Å². The SMILES string of the molecule is NCc1nc(OC(F)(F)F)c(C(F)(F)F)cc1CC(=O)O. The number of halogens is 6. The predicted molar refractivity (Wildman–Crippen MR) is 55.2 cm³/mol. The van der Waals surface area contributed by atoms with Crippen LogP contribution < -0.4 is 10.5 Å². The molecule has 11 heteroatoms. The first-order valence-corrected chi connectivity index (χ1v) is 5.21. The van der Waals surface area contributed by atoms with E-state index in [-0.39, 0.29) is 6.07 Å². The maximum absolute atomic E-state index is 12.7. The second-order valence-electron chi connectivity index (χ2n) is 3.77. The minimum absolute atomic E-state index is 0.240. The number of carboxylic acid groups (broad SMARTS) is 1. The zero-order valence-corrected chi connectivity index (χ0v) is 10.0. The lowest BCUT2D eigenvalue weighted by Gasteiger charge is -2.17. The van der Waals surface area contributed by atoms with Crippen LogP contribution in [-0.4, -0.2) is 22.4 Å². The van der Waals surface area contributed by atoms with Gasteiger partial charge in [-0.15, -0.1) is 13.2 Å². The van der Waals surface area contributed by atoms with Crippen LogP contribution in [0.5, 0.6) is 5.88 Å². The number of carbonyl (C=O) groups is 1. The maximum Gasteiger partial charge on any atom is 0.574 e. The number of pyridine rings is 1. The molecule has 0 aliphatic carbocycles. The smallest absolute Gasteiger partial charge is 0.481 e. The molecule has 0 saturated heterocycles. The van der Waals surface area contributed by atoms with Gasteiger partial charge in [-0.1, -0.05) is 0 Å². The van der Waals surface area contributed by atoms with Crippen molar-refractivity contribution in [2.75, 3.05) is 0 Å². The summed E-state index contributed by atoms with van der Waals surface area (Å²) in [6.45, 7) is -0.547. The summed E-state index contributed by atoms with van der Waals surface area (Å²) >= 11 is 0. The van der Waals surface area contributed by atoms with E-state index in [9.17, 15) is 31.1 Å². The van der Waals surface area contributed by atoms with E-state index >= 15 is 0 Å². The number of hydrogen-bond donors (Lipinski definition) is 2. The molecule has 5 nitrogen and oxygen atoms in total. The molecule has 0 unspecified atom stereocenters. The van der Waals surface area contributed by atoms with Crippen LogP contribution >= 0.6 is 0 Å². The number of rotatable bonds is 4. The summed E-state index contributed by atoms with van der Waals surface area (Å²) in [4.78, 5) is 13.6. The van der Waals surface area contributed by atoms with Crippen LogP contribution in [0.15, 0.2) is 6.07 Å². The van der Waals surface area contributed by atoms with Gasteiger partial charge in [-0.3, -0.25) is 4.79 Å². The highest BCUT2D eigenvalue weighted by Gasteiger charge is 2.41. The van der Waals surface area contributed by atoms with Gasteiger partial charge in [0.2, 0.25) is 5.88 Å². The molecule has 0 saturated carbocycles. The van der Waals surface area contributed by atoms with Crippen LogP contribution in [0, 0.1) is 0 Å². The molecule has 0 spiro atoms. The Kier molecular flexibility index (Phi) is 4.66. The summed E-state index contributed by atoms with van der Waals surface area (Å²) in [6, 6.07) is 0.240. The fourth-order valence-electron chi connectivity index (χ4n) is 1.46. The van der Waals surface area contributed by atoms with Gasteiger partial charge in [0, 0.05) is 6.54 Å². The van der Waals surface area contributed by atoms with Gasteiger partial charge < -0.3 is 15.6 Å². The molecular weight excluding hydrogens is 310 g/mol. The minimum Gasteiger partial charge on any atom is -0.481 e. The average molecular weight is 318 g/mol. The van der Waals surface area contributed by atoms with Crippen LogP contribution in [0.25, 0.3) is 0 Å². The lowest BCUT2D eigenvalue weighted by Crippen LogP contribution is -2.23. The van der Waals surface area contributed by atoms with Crippen LogP contribution in [0.2, 0.25) is 0 Å². The Balaban J connectivity index is 3.45. The van der Waals surface area contributed by atoms with Gasteiger partial charge >= 0.3 is 18.5 Å². The van der Waals surface area contributed by atoms with Gasteiger partial charge in [0.25, 0.3) is 0 Å². The monoisotopic (exact) mass is 318 g/mol. The molecule has 0 aliphatic rings. The molecular formula is C10H8F6N2O3. The number of aliphatic carboxylic acids is 1. The Bertz CT molecular complexity index is 541. The van der Waals surface area contributed by atoms with Gasteiger partial charge in [-0.05, 0) is 11.6 Å². The first-order valence-electron chi connectivity index (χ1n) is 5.21. The van der Waals surface area contributed by atoms with Crippen molar-refractivity contribution in [3.05, 3.63) is 22.9 Å². The fraction of sp³-hybridized carbons (Fsp3) is 0.400. The number of carboxylic acids is 1. The maximum atomic E-state index is 12.7. The van der Waals surface area contributed by atoms with Gasteiger partial charge in [0.05, 0.1) is 12.1 Å². The summed E-state index contributed by atoms with van der Waals surface area (Å²) in [5.74, 6) is -3.20. The molecule has 0 amide bonds. The standard InChI is InChI=1S/C10H8F6N2O3/c11-9(12,13)5-1-4(2-7(19)20)6(3-17)18-8(5)21-10(14,15)16/h1H,2-3,17H2,(H,19,20). The van der Waals surface area contributed by atoms with E-state index in [1.165, 1.54) is 0 Å². The highest BCUT2D eigenvalue weighted by molar-refractivity contribution is 5.70. The molecule has 118 valence electrons. The molecule has 1 rings (SSSR count). The number of aromatic nitrogens is 1. The highest BCUT2D eigenvalue weighted by atomic mass is 19.4. The van der Waals surface area contributed by atoms with E-state index in [4.69, 9.17) is 10.8 Å². The zero-order valence-electron chi connectivity index (χ0n) is 10.0. The first kappa shape index (κ1) is 17.0. The Morgan fingerprint density at radius 1 is 1.29 bits per heavy atom. The van der Waals surface area contributed by atoms with Crippen molar-refractivity contribution in [1.82, 2.24) is 4.98 Å². The van der Waals surface area contributed by atoms with E-state index in [2.05, 4.69) is 9.72 Å². The van der Waals surface area contributed by atoms with E-state index in [1.807, 2.05) is 0 Å². The number of nitrogens with two attached hydrogens (primary N) is 1. The summed E-state index contributed by atoms with van der Waals surface area (Å²) in [5, 5.41) is 8.58. The average Bonchev–Trinajstić information content (AvgIpc) is 2.26. The molecule has 1 aromatic rings. The van der Waals surface area contributed by atoms with Crippen molar-refractivity contribution in [2.45, 2.75) is 25.5 Å². The number of nitrogens with zero attached hydrogens (tertiary/aromatic N) is 1. The van der Waals surface area contributed by atoms with Crippen molar-refractivity contribution in [1.29, 1.82) is 0 Å². The van der Waals surface area contributed by atoms with Crippen molar-refractivity contribution in [2.24, 2.45) is 5.73 Å². The number of hydrogen-bond acceptors (Lipinski definition) is 4. The van der Waals surface area contributed by atoms with Crippen LogP contribution in [0.1, 0.15) is 16.8 Å². The van der Waals surface area contributed by atoms with E-state index in [0.29, 0.717) is 0 Å². The Hall–Kier alpha value is -2.04. The van der Waals surface area contributed by atoms with Gasteiger partial charge in [0.15, 0.2) is 0 Å². The normalized spacial score (nSPS) is 12.3. The topological polar surface area (TPSA) is 85.4 Å². The molecule has 0 aromatic carbocycles. The Morgan fingerprint density at radius 2 is 1.86 bits per heavy atom. The summed E-state index contributed by atoms with van der Waals surface area (Å²) in [7, 11) is 0. The number of ether oxygens (including phenoxy) is 1. The van der Waals surface area contributed by atoms with Crippen molar-refractivity contribution in [3.63, 3.8) is 0 Å². The predicted octanol–water partition coefficient (Wildman–Crippen LogP) is 2.08.